The second-order valence-electron chi connectivity index (χ2n) is 2.73. The van der Waals surface area contributed by atoms with Crippen molar-refractivity contribution in [2.45, 2.75) is 11.2 Å². The lowest BCUT2D eigenvalue weighted by molar-refractivity contribution is -0.141. The molecule has 0 saturated heterocycles. The Bertz CT molecular complexity index is 414. The Hall–Kier alpha value is -1.26. The molecule has 0 saturated carbocycles. The van der Waals surface area contributed by atoms with Gasteiger partial charge >= 0.3 is 6.18 Å². The van der Waals surface area contributed by atoms with Crippen molar-refractivity contribution in [3.8, 4) is 6.07 Å². The number of pyridine rings is 1. The van der Waals surface area contributed by atoms with E-state index in [1.807, 2.05) is 0 Å². The molecule has 0 radical (unpaired) electrons. The third-order valence-corrected chi connectivity index (χ3v) is 2.57. The number of thioether (sulfide) groups is 1. The highest BCUT2D eigenvalue weighted by Gasteiger charge is 2.33. The highest BCUT2D eigenvalue weighted by atomic mass is 32.2. The molecule has 86 valence electrons. The third-order valence-electron chi connectivity index (χ3n) is 1.60. The molecule has 0 aromatic carbocycles. The fourth-order valence-corrected chi connectivity index (χ4v) is 1.65. The van der Waals surface area contributed by atoms with Crippen molar-refractivity contribution in [1.29, 1.82) is 5.26 Å². The molecule has 0 bridgehead atoms. The molecule has 1 N–H and O–H groups in total. The maximum atomic E-state index is 12.3. The summed E-state index contributed by atoms with van der Waals surface area (Å²) >= 11 is 0.918. The smallest absolute Gasteiger partial charge is 0.396 e. The van der Waals surface area contributed by atoms with E-state index in [9.17, 15) is 13.2 Å². The number of alkyl halides is 3. The second-order valence-corrected chi connectivity index (χ2v) is 3.81. The second kappa shape index (κ2) is 5.18. The first-order chi connectivity index (χ1) is 7.49. The van der Waals surface area contributed by atoms with Gasteiger partial charge in [-0.1, -0.05) is 0 Å². The fraction of sp³-hybridized carbons (Fsp3) is 0.333. The fourth-order valence-electron chi connectivity index (χ4n) is 0.936. The van der Waals surface area contributed by atoms with Gasteiger partial charge < -0.3 is 5.11 Å². The number of hydrogen-bond acceptors (Lipinski definition) is 4. The van der Waals surface area contributed by atoms with Gasteiger partial charge in [0.15, 0.2) is 0 Å². The van der Waals surface area contributed by atoms with E-state index in [0.29, 0.717) is 0 Å². The Balaban J connectivity index is 3.07. The molecule has 1 rings (SSSR count). The maximum absolute atomic E-state index is 12.3. The molecule has 3 nitrogen and oxygen atoms in total. The number of aromatic nitrogens is 1. The van der Waals surface area contributed by atoms with Gasteiger partial charge in [-0.3, -0.25) is 0 Å². The van der Waals surface area contributed by atoms with E-state index >= 15 is 0 Å². The van der Waals surface area contributed by atoms with Gasteiger partial charge in [0.1, 0.15) is 16.8 Å². The SMILES string of the molecule is N#Cc1ccc(C(F)(F)F)nc1SCCO. The first-order valence-corrected chi connectivity index (χ1v) is 5.19. The molecule has 16 heavy (non-hydrogen) atoms. The molecular weight excluding hydrogens is 241 g/mol. The monoisotopic (exact) mass is 248 g/mol. The van der Waals surface area contributed by atoms with Gasteiger partial charge in [-0.05, 0) is 12.1 Å². The number of aliphatic hydroxyl groups excluding tert-OH is 1. The Kier molecular flexibility index (Phi) is 4.15. The first-order valence-electron chi connectivity index (χ1n) is 4.21. The summed E-state index contributed by atoms with van der Waals surface area (Å²) in [5.74, 6) is 0.197. The predicted molar refractivity (Wildman–Crippen MR) is 51.8 cm³/mol. The van der Waals surface area contributed by atoms with E-state index in [1.54, 1.807) is 6.07 Å². The minimum absolute atomic E-state index is 0.00799. The number of aliphatic hydroxyl groups is 1. The van der Waals surface area contributed by atoms with Gasteiger partial charge in [0.2, 0.25) is 0 Å². The van der Waals surface area contributed by atoms with Crippen molar-refractivity contribution in [3.05, 3.63) is 23.4 Å². The zero-order valence-electron chi connectivity index (χ0n) is 7.95. The van der Waals surface area contributed by atoms with Crippen LogP contribution in [0, 0.1) is 11.3 Å². The molecule has 1 aromatic rings. The summed E-state index contributed by atoms with van der Waals surface area (Å²) in [5, 5.41) is 17.2. The largest absolute Gasteiger partial charge is 0.433 e. The average Bonchev–Trinajstić information content (AvgIpc) is 2.24. The van der Waals surface area contributed by atoms with Crippen LogP contribution in [0.15, 0.2) is 17.2 Å². The Morgan fingerprint density at radius 3 is 2.62 bits per heavy atom. The topological polar surface area (TPSA) is 56.9 Å². The Labute approximate surface area is 93.9 Å². The van der Waals surface area contributed by atoms with E-state index in [1.165, 1.54) is 0 Å². The first kappa shape index (κ1) is 12.8. The van der Waals surface area contributed by atoms with Gasteiger partial charge in [0.25, 0.3) is 0 Å². The normalized spacial score (nSPS) is 11.2. The summed E-state index contributed by atoms with van der Waals surface area (Å²) in [6.07, 6.45) is -4.53. The summed E-state index contributed by atoms with van der Waals surface area (Å²) in [7, 11) is 0. The lowest BCUT2D eigenvalue weighted by Crippen LogP contribution is -2.09. The predicted octanol–water partition coefficient (Wildman–Crippen LogP) is 2.06. The van der Waals surface area contributed by atoms with Gasteiger partial charge in [-0.2, -0.15) is 18.4 Å². The molecule has 0 amide bonds. The zero-order chi connectivity index (χ0) is 12.2. The van der Waals surface area contributed by atoms with Crippen molar-refractivity contribution in [2.24, 2.45) is 0 Å². The molecule has 0 aliphatic carbocycles. The number of halogens is 3. The quantitative estimate of drug-likeness (QED) is 0.832. The molecule has 7 heteroatoms. The van der Waals surface area contributed by atoms with Crippen LogP contribution in [0.5, 0.6) is 0 Å². The van der Waals surface area contributed by atoms with E-state index in [2.05, 4.69) is 4.98 Å². The van der Waals surface area contributed by atoms with Crippen molar-refractivity contribution in [3.63, 3.8) is 0 Å². The minimum atomic E-state index is -4.53. The summed E-state index contributed by atoms with van der Waals surface area (Å²) < 4.78 is 37.0. The van der Waals surface area contributed by atoms with Crippen LogP contribution >= 0.6 is 11.8 Å². The van der Waals surface area contributed by atoms with Crippen LogP contribution in [0.3, 0.4) is 0 Å². The molecular formula is C9H7F3N2OS. The molecule has 1 heterocycles. The minimum Gasteiger partial charge on any atom is -0.396 e. The molecule has 1 aromatic heterocycles. The van der Waals surface area contributed by atoms with Crippen molar-refractivity contribution in [1.82, 2.24) is 4.98 Å². The van der Waals surface area contributed by atoms with Crippen LogP contribution in [0.4, 0.5) is 13.2 Å². The van der Waals surface area contributed by atoms with E-state index in [-0.39, 0.29) is 22.9 Å². The summed E-state index contributed by atoms with van der Waals surface area (Å²) in [6.45, 7) is -0.187. The van der Waals surface area contributed by atoms with Crippen molar-refractivity contribution >= 4 is 11.8 Å². The van der Waals surface area contributed by atoms with E-state index in [4.69, 9.17) is 10.4 Å². The standard InChI is InChI=1S/C9H7F3N2OS/c10-9(11,12)7-2-1-6(5-13)8(14-7)16-4-3-15/h1-2,15H,3-4H2. The molecule has 0 fully saturated rings. The van der Waals surface area contributed by atoms with Crippen LogP contribution < -0.4 is 0 Å². The Morgan fingerprint density at radius 1 is 1.44 bits per heavy atom. The molecule has 0 aliphatic rings. The van der Waals surface area contributed by atoms with Gasteiger partial charge in [0.05, 0.1) is 12.2 Å². The lowest BCUT2D eigenvalue weighted by atomic mass is 10.2. The summed E-state index contributed by atoms with van der Waals surface area (Å²) in [6, 6.07) is 3.60. The van der Waals surface area contributed by atoms with Crippen LogP contribution in [0.1, 0.15) is 11.3 Å². The number of hydrogen-bond donors (Lipinski definition) is 1. The Morgan fingerprint density at radius 2 is 2.12 bits per heavy atom. The van der Waals surface area contributed by atoms with Gasteiger partial charge in [0, 0.05) is 5.75 Å². The van der Waals surface area contributed by atoms with Crippen LogP contribution in [-0.4, -0.2) is 22.5 Å². The molecule has 0 atom stereocenters. The highest BCUT2D eigenvalue weighted by Crippen LogP contribution is 2.30. The highest BCUT2D eigenvalue weighted by molar-refractivity contribution is 7.99. The number of rotatable bonds is 3. The zero-order valence-corrected chi connectivity index (χ0v) is 8.77. The van der Waals surface area contributed by atoms with Crippen molar-refractivity contribution in [2.75, 3.05) is 12.4 Å². The maximum Gasteiger partial charge on any atom is 0.433 e. The van der Waals surface area contributed by atoms with E-state index < -0.39 is 11.9 Å². The molecule has 0 unspecified atom stereocenters. The van der Waals surface area contributed by atoms with Gasteiger partial charge in [-0.15, -0.1) is 11.8 Å². The van der Waals surface area contributed by atoms with E-state index in [0.717, 1.165) is 23.9 Å². The average molecular weight is 248 g/mol. The van der Waals surface area contributed by atoms with Crippen LogP contribution in [0.2, 0.25) is 0 Å². The third kappa shape index (κ3) is 3.12. The van der Waals surface area contributed by atoms with Crippen LogP contribution in [0.25, 0.3) is 0 Å². The van der Waals surface area contributed by atoms with Crippen LogP contribution in [-0.2, 0) is 6.18 Å². The number of nitriles is 1. The molecule has 0 spiro atoms. The summed E-state index contributed by atoms with van der Waals surface area (Å²) in [4.78, 5) is 3.36. The van der Waals surface area contributed by atoms with Gasteiger partial charge in [-0.25, -0.2) is 4.98 Å². The molecule has 0 aliphatic heterocycles. The lowest BCUT2D eigenvalue weighted by Gasteiger charge is -2.08. The van der Waals surface area contributed by atoms with Crippen molar-refractivity contribution < 1.29 is 18.3 Å². The number of nitrogens with zero attached hydrogens (tertiary/aromatic N) is 2. The summed E-state index contributed by atoms with van der Waals surface area (Å²) in [5.41, 5.74) is -0.960.